The molecule has 104 valence electrons. The minimum atomic E-state index is -0.0658. The van der Waals surface area contributed by atoms with Crippen molar-refractivity contribution in [2.75, 3.05) is 6.61 Å². The van der Waals surface area contributed by atoms with Crippen LogP contribution in [-0.4, -0.2) is 23.9 Å². The standard InChI is InChI=1S/C16H22O3/c1-3-15-12(2)16(14(9-17)11-18-15)19-10-13-7-5-4-6-8-13/h4-8,11-12,15-17H,3,9-10H2,1-2H3/t12-,15+,16-/m0/s1. The van der Waals surface area contributed by atoms with Crippen LogP contribution in [-0.2, 0) is 16.1 Å². The monoisotopic (exact) mass is 262 g/mol. The number of ether oxygens (including phenoxy) is 2. The van der Waals surface area contributed by atoms with Crippen molar-refractivity contribution in [1.29, 1.82) is 0 Å². The molecule has 0 bridgehead atoms. The lowest BCUT2D eigenvalue weighted by Crippen LogP contribution is -2.38. The van der Waals surface area contributed by atoms with E-state index in [1.165, 1.54) is 0 Å². The van der Waals surface area contributed by atoms with Crippen molar-refractivity contribution in [2.45, 2.75) is 39.1 Å². The molecular formula is C16H22O3. The van der Waals surface area contributed by atoms with E-state index in [0.29, 0.717) is 6.61 Å². The van der Waals surface area contributed by atoms with Gasteiger partial charge in [0.25, 0.3) is 0 Å². The normalized spacial score (nSPS) is 26.7. The van der Waals surface area contributed by atoms with E-state index in [1.807, 2.05) is 30.3 Å². The molecule has 0 radical (unpaired) electrons. The minimum absolute atomic E-state index is 0.0137. The summed E-state index contributed by atoms with van der Waals surface area (Å²) in [6.07, 6.45) is 2.71. The van der Waals surface area contributed by atoms with Gasteiger partial charge in [0.15, 0.2) is 0 Å². The first-order valence-corrected chi connectivity index (χ1v) is 6.87. The molecule has 1 aliphatic rings. The van der Waals surface area contributed by atoms with Gasteiger partial charge in [-0.05, 0) is 12.0 Å². The molecule has 1 aromatic carbocycles. The first kappa shape index (κ1) is 14.1. The number of hydrogen-bond donors (Lipinski definition) is 1. The molecular weight excluding hydrogens is 240 g/mol. The summed E-state index contributed by atoms with van der Waals surface area (Å²) < 4.78 is 11.6. The van der Waals surface area contributed by atoms with Crippen LogP contribution in [0.1, 0.15) is 25.8 Å². The van der Waals surface area contributed by atoms with Gasteiger partial charge in [0, 0.05) is 11.5 Å². The zero-order valence-electron chi connectivity index (χ0n) is 11.6. The van der Waals surface area contributed by atoms with Crippen molar-refractivity contribution >= 4 is 0 Å². The van der Waals surface area contributed by atoms with Crippen molar-refractivity contribution in [3.8, 4) is 0 Å². The number of rotatable bonds is 5. The molecule has 1 aromatic rings. The van der Waals surface area contributed by atoms with Crippen molar-refractivity contribution in [3.63, 3.8) is 0 Å². The van der Waals surface area contributed by atoms with Gasteiger partial charge in [0.1, 0.15) is 6.10 Å². The second kappa shape index (κ2) is 6.73. The zero-order valence-corrected chi connectivity index (χ0v) is 11.6. The molecule has 3 nitrogen and oxygen atoms in total. The first-order valence-electron chi connectivity index (χ1n) is 6.87. The largest absolute Gasteiger partial charge is 0.498 e. The Bertz CT molecular complexity index is 413. The third-order valence-corrected chi connectivity index (χ3v) is 3.68. The second-order valence-corrected chi connectivity index (χ2v) is 5.01. The van der Waals surface area contributed by atoms with Crippen molar-refractivity contribution < 1.29 is 14.6 Å². The summed E-state index contributed by atoms with van der Waals surface area (Å²) in [5.41, 5.74) is 1.97. The fourth-order valence-electron chi connectivity index (χ4n) is 2.51. The number of aliphatic hydroxyl groups excluding tert-OH is 1. The fourth-order valence-corrected chi connectivity index (χ4v) is 2.51. The topological polar surface area (TPSA) is 38.7 Å². The van der Waals surface area contributed by atoms with Crippen LogP contribution in [0.3, 0.4) is 0 Å². The molecule has 1 heterocycles. The molecule has 2 rings (SSSR count). The van der Waals surface area contributed by atoms with E-state index < -0.39 is 0 Å². The highest BCUT2D eigenvalue weighted by Crippen LogP contribution is 2.29. The third kappa shape index (κ3) is 3.37. The van der Waals surface area contributed by atoms with E-state index in [2.05, 4.69) is 13.8 Å². The Hall–Kier alpha value is -1.32. The average molecular weight is 262 g/mol. The van der Waals surface area contributed by atoms with Crippen LogP contribution in [0.25, 0.3) is 0 Å². The lowest BCUT2D eigenvalue weighted by atomic mass is 9.89. The van der Waals surface area contributed by atoms with Crippen LogP contribution in [0.5, 0.6) is 0 Å². The van der Waals surface area contributed by atoms with E-state index in [0.717, 1.165) is 17.6 Å². The summed E-state index contributed by atoms with van der Waals surface area (Å²) in [6, 6.07) is 10.1. The molecule has 19 heavy (non-hydrogen) atoms. The molecule has 0 spiro atoms. The van der Waals surface area contributed by atoms with Crippen LogP contribution < -0.4 is 0 Å². The predicted molar refractivity (Wildman–Crippen MR) is 74.5 cm³/mol. The Kier molecular flexibility index (Phi) is 5.00. The molecule has 3 heteroatoms. The SMILES string of the molecule is CC[C@H]1OC=C(CO)[C@@H](OCc2ccccc2)[C@H]1C. The van der Waals surface area contributed by atoms with Crippen LogP contribution in [0.2, 0.25) is 0 Å². The van der Waals surface area contributed by atoms with Gasteiger partial charge < -0.3 is 14.6 Å². The highest BCUT2D eigenvalue weighted by atomic mass is 16.5. The Morgan fingerprint density at radius 2 is 2.00 bits per heavy atom. The Morgan fingerprint density at radius 3 is 2.63 bits per heavy atom. The summed E-state index contributed by atoms with van der Waals surface area (Å²) in [6.45, 7) is 4.77. The Morgan fingerprint density at radius 1 is 1.26 bits per heavy atom. The number of benzene rings is 1. The molecule has 0 aliphatic carbocycles. The van der Waals surface area contributed by atoms with E-state index in [-0.39, 0.29) is 24.7 Å². The highest BCUT2D eigenvalue weighted by Gasteiger charge is 2.32. The Labute approximate surface area is 114 Å². The van der Waals surface area contributed by atoms with Crippen LogP contribution in [0, 0.1) is 5.92 Å². The maximum Gasteiger partial charge on any atom is 0.103 e. The molecule has 1 N–H and O–H groups in total. The maximum atomic E-state index is 9.41. The first-order chi connectivity index (χ1) is 9.26. The highest BCUT2D eigenvalue weighted by molar-refractivity contribution is 5.15. The second-order valence-electron chi connectivity index (χ2n) is 5.01. The van der Waals surface area contributed by atoms with E-state index >= 15 is 0 Å². The van der Waals surface area contributed by atoms with Crippen molar-refractivity contribution in [3.05, 3.63) is 47.7 Å². The number of hydrogen-bond acceptors (Lipinski definition) is 3. The Balaban J connectivity index is 2.03. The zero-order chi connectivity index (χ0) is 13.7. The van der Waals surface area contributed by atoms with Gasteiger partial charge in [-0.3, -0.25) is 0 Å². The molecule has 0 saturated carbocycles. The third-order valence-electron chi connectivity index (χ3n) is 3.68. The lowest BCUT2D eigenvalue weighted by Gasteiger charge is -2.35. The van der Waals surface area contributed by atoms with Gasteiger partial charge in [-0.25, -0.2) is 0 Å². The molecule has 0 unspecified atom stereocenters. The minimum Gasteiger partial charge on any atom is -0.498 e. The fraction of sp³-hybridized carbons (Fsp3) is 0.500. The van der Waals surface area contributed by atoms with E-state index in [1.54, 1.807) is 6.26 Å². The molecule has 0 aromatic heterocycles. The van der Waals surface area contributed by atoms with Crippen LogP contribution in [0.4, 0.5) is 0 Å². The summed E-state index contributed by atoms with van der Waals surface area (Å²) >= 11 is 0. The summed E-state index contributed by atoms with van der Waals surface area (Å²) in [5, 5.41) is 9.41. The lowest BCUT2D eigenvalue weighted by molar-refractivity contribution is -0.0495. The molecule has 0 amide bonds. The summed E-state index contributed by atoms with van der Waals surface area (Å²) in [7, 11) is 0. The van der Waals surface area contributed by atoms with Crippen LogP contribution in [0.15, 0.2) is 42.2 Å². The average Bonchev–Trinajstić information content (AvgIpc) is 2.46. The van der Waals surface area contributed by atoms with Gasteiger partial charge in [0.2, 0.25) is 0 Å². The molecule has 1 aliphatic heterocycles. The molecule has 3 atom stereocenters. The predicted octanol–water partition coefficient (Wildman–Crippen LogP) is 2.89. The smallest absolute Gasteiger partial charge is 0.103 e. The van der Waals surface area contributed by atoms with Gasteiger partial charge in [0.05, 0.1) is 25.6 Å². The summed E-state index contributed by atoms with van der Waals surface area (Å²) in [4.78, 5) is 0. The van der Waals surface area contributed by atoms with E-state index in [9.17, 15) is 5.11 Å². The van der Waals surface area contributed by atoms with Gasteiger partial charge in [-0.15, -0.1) is 0 Å². The van der Waals surface area contributed by atoms with Gasteiger partial charge in [-0.2, -0.15) is 0 Å². The van der Waals surface area contributed by atoms with E-state index in [4.69, 9.17) is 9.47 Å². The van der Waals surface area contributed by atoms with Crippen LogP contribution >= 0.6 is 0 Å². The number of aliphatic hydroxyl groups is 1. The van der Waals surface area contributed by atoms with Crippen molar-refractivity contribution in [1.82, 2.24) is 0 Å². The van der Waals surface area contributed by atoms with Gasteiger partial charge in [-0.1, -0.05) is 44.2 Å². The molecule has 0 fully saturated rings. The summed E-state index contributed by atoms with van der Waals surface area (Å²) in [5.74, 6) is 0.251. The quantitative estimate of drug-likeness (QED) is 0.886. The maximum absolute atomic E-state index is 9.41. The van der Waals surface area contributed by atoms with Gasteiger partial charge >= 0.3 is 0 Å². The van der Waals surface area contributed by atoms with Crippen molar-refractivity contribution in [2.24, 2.45) is 5.92 Å². The molecule has 0 saturated heterocycles.